The summed E-state index contributed by atoms with van der Waals surface area (Å²) in [6.07, 6.45) is 6.94. The second-order valence-corrected chi connectivity index (χ2v) is 6.26. The van der Waals surface area contributed by atoms with Crippen LogP contribution in [0.1, 0.15) is 58.3 Å². The Balaban J connectivity index is 1.78. The van der Waals surface area contributed by atoms with E-state index in [1.165, 1.54) is 0 Å². The lowest BCUT2D eigenvalue weighted by Crippen LogP contribution is -2.58. The van der Waals surface area contributed by atoms with Crippen LogP contribution in [0.25, 0.3) is 0 Å². The van der Waals surface area contributed by atoms with Crippen molar-refractivity contribution in [1.29, 1.82) is 0 Å². The Hall–Kier alpha value is -1.26. The van der Waals surface area contributed by atoms with Crippen molar-refractivity contribution in [3.8, 4) is 0 Å². The number of carboxylic acids is 1. The molecule has 2 saturated carbocycles. The Kier molecular flexibility index (Phi) is 4.32. The molecular weight excluding hydrogens is 244 g/mol. The van der Waals surface area contributed by atoms with Crippen molar-refractivity contribution in [3.63, 3.8) is 0 Å². The van der Waals surface area contributed by atoms with E-state index < -0.39 is 11.5 Å². The second-order valence-electron chi connectivity index (χ2n) is 6.26. The molecule has 2 amide bonds. The van der Waals surface area contributed by atoms with Gasteiger partial charge in [-0.1, -0.05) is 6.92 Å². The molecule has 0 saturated heterocycles. The molecular formula is C14H24N2O3. The minimum Gasteiger partial charge on any atom is -0.481 e. The zero-order valence-corrected chi connectivity index (χ0v) is 11.6. The molecule has 0 spiro atoms. The third-order valence-corrected chi connectivity index (χ3v) is 4.53. The average molecular weight is 268 g/mol. The van der Waals surface area contributed by atoms with E-state index in [1.54, 1.807) is 0 Å². The maximum atomic E-state index is 12.0. The van der Waals surface area contributed by atoms with Gasteiger partial charge in [-0.15, -0.1) is 0 Å². The number of hydrogen-bond donors (Lipinski definition) is 3. The van der Waals surface area contributed by atoms with Crippen LogP contribution in [-0.2, 0) is 4.79 Å². The molecule has 19 heavy (non-hydrogen) atoms. The zero-order chi connectivity index (χ0) is 13.9. The second kappa shape index (κ2) is 5.80. The molecule has 2 rings (SSSR count). The van der Waals surface area contributed by atoms with Gasteiger partial charge in [-0.3, -0.25) is 4.79 Å². The molecule has 0 atom stereocenters. The van der Waals surface area contributed by atoms with Crippen LogP contribution in [0.5, 0.6) is 0 Å². The van der Waals surface area contributed by atoms with Gasteiger partial charge in [-0.25, -0.2) is 4.79 Å². The molecule has 5 heteroatoms. The van der Waals surface area contributed by atoms with E-state index >= 15 is 0 Å². The van der Waals surface area contributed by atoms with Crippen LogP contribution in [0, 0.1) is 5.92 Å². The third-order valence-electron chi connectivity index (χ3n) is 4.53. The van der Waals surface area contributed by atoms with Gasteiger partial charge in [0.05, 0.1) is 12.0 Å². The predicted octanol–water partition coefficient (Wildman–Crippen LogP) is 2.26. The highest BCUT2D eigenvalue weighted by Crippen LogP contribution is 2.35. The SMILES string of the molecule is CC1CCC(NC(=O)NC2(CC(=O)O)CCC2)CC1. The largest absolute Gasteiger partial charge is 0.481 e. The standard InChI is InChI=1S/C14H24N2O3/c1-10-3-5-11(6-4-10)15-13(19)16-14(7-2-8-14)9-12(17)18/h10-11H,2-9H2,1H3,(H,17,18)(H2,15,16,19). The molecule has 108 valence electrons. The van der Waals surface area contributed by atoms with Crippen LogP contribution in [0.3, 0.4) is 0 Å². The van der Waals surface area contributed by atoms with Crippen LogP contribution in [0.15, 0.2) is 0 Å². The van der Waals surface area contributed by atoms with Crippen molar-refractivity contribution in [2.75, 3.05) is 0 Å². The summed E-state index contributed by atoms with van der Waals surface area (Å²) in [6.45, 7) is 2.24. The number of carboxylic acid groups (broad SMARTS) is 1. The lowest BCUT2D eigenvalue weighted by Gasteiger charge is -2.41. The molecule has 0 radical (unpaired) electrons. The van der Waals surface area contributed by atoms with Gasteiger partial charge < -0.3 is 15.7 Å². The Labute approximate surface area is 114 Å². The van der Waals surface area contributed by atoms with E-state index in [1.807, 2.05) is 0 Å². The van der Waals surface area contributed by atoms with Crippen molar-refractivity contribution >= 4 is 12.0 Å². The molecule has 2 aliphatic carbocycles. The van der Waals surface area contributed by atoms with E-state index in [0.717, 1.165) is 50.9 Å². The summed E-state index contributed by atoms with van der Waals surface area (Å²) in [5.74, 6) is -0.0856. The van der Waals surface area contributed by atoms with Gasteiger partial charge in [-0.05, 0) is 50.9 Å². The molecule has 0 heterocycles. The Morgan fingerprint density at radius 3 is 2.32 bits per heavy atom. The summed E-state index contributed by atoms with van der Waals surface area (Å²) in [6, 6.07) is 0.0543. The van der Waals surface area contributed by atoms with Gasteiger partial charge >= 0.3 is 12.0 Å². The number of urea groups is 1. The van der Waals surface area contributed by atoms with Crippen molar-refractivity contribution < 1.29 is 14.7 Å². The maximum Gasteiger partial charge on any atom is 0.315 e. The number of rotatable bonds is 4. The normalized spacial score (nSPS) is 29.1. The molecule has 0 aromatic heterocycles. The van der Waals surface area contributed by atoms with Crippen molar-refractivity contribution in [3.05, 3.63) is 0 Å². The first-order valence-electron chi connectivity index (χ1n) is 7.30. The van der Waals surface area contributed by atoms with Crippen LogP contribution < -0.4 is 10.6 Å². The quantitative estimate of drug-likeness (QED) is 0.731. The Bertz CT molecular complexity index is 345. The van der Waals surface area contributed by atoms with Gasteiger partial charge in [0.2, 0.25) is 0 Å². The van der Waals surface area contributed by atoms with E-state index in [-0.39, 0.29) is 18.5 Å². The molecule has 5 nitrogen and oxygen atoms in total. The lowest BCUT2D eigenvalue weighted by molar-refractivity contribution is -0.139. The highest BCUT2D eigenvalue weighted by atomic mass is 16.4. The first-order chi connectivity index (χ1) is 8.99. The highest BCUT2D eigenvalue weighted by molar-refractivity contribution is 5.77. The molecule has 0 unspecified atom stereocenters. The summed E-state index contributed by atoms with van der Waals surface area (Å²) in [4.78, 5) is 22.8. The average Bonchev–Trinajstić information content (AvgIpc) is 2.28. The first-order valence-corrected chi connectivity index (χ1v) is 7.30. The first kappa shape index (κ1) is 14.2. The summed E-state index contributed by atoms with van der Waals surface area (Å²) in [7, 11) is 0. The van der Waals surface area contributed by atoms with Crippen LogP contribution >= 0.6 is 0 Å². The van der Waals surface area contributed by atoms with E-state index in [0.29, 0.717) is 0 Å². The number of hydrogen-bond acceptors (Lipinski definition) is 2. The Morgan fingerprint density at radius 2 is 1.84 bits per heavy atom. The topological polar surface area (TPSA) is 78.4 Å². The smallest absolute Gasteiger partial charge is 0.315 e. The van der Waals surface area contributed by atoms with Gasteiger partial charge in [-0.2, -0.15) is 0 Å². The molecule has 0 bridgehead atoms. The monoisotopic (exact) mass is 268 g/mol. The lowest BCUT2D eigenvalue weighted by atomic mass is 9.74. The maximum absolute atomic E-state index is 12.0. The van der Waals surface area contributed by atoms with Crippen molar-refractivity contribution in [1.82, 2.24) is 10.6 Å². The van der Waals surface area contributed by atoms with Gasteiger partial charge in [0, 0.05) is 6.04 Å². The van der Waals surface area contributed by atoms with E-state index in [9.17, 15) is 9.59 Å². The van der Waals surface area contributed by atoms with Crippen LogP contribution in [-0.4, -0.2) is 28.7 Å². The summed E-state index contributed by atoms with van der Waals surface area (Å²) < 4.78 is 0. The molecule has 0 aromatic rings. The van der Waals surface area contributed by atoms with Crippen LogP contribution in [0.4, 0.5) is 4.79 Å². The van der Waals surface area contributed by atoms with E-state index in [4.69, 9.17) is 5.11 Å². The fraction of sp³-hybridized carbons (Fsp3) is 0.857. The number of aliphatic carboxylic acids is 1. The van der Waals surface area contributed by atoms with Crippen molar-refractivity contribution in [2.24, 2.45) is 5.92 Å². The number of carbonyl (C=O) groups is 2. The molecule has 3 N–H and O–H groups in total. The fourth-order valence-electron chi connectivity index (χ4n) is 3.11. The Morgan fingerprint density at radius 1 is 1.21 bits per heavy atom. The van der Waals surface area contributed by atoms with Gasteiger partial charge in [0.15, 0.2) is 0 Å². The van der Waals surface area contributed by atoms with Crippen molar-refractivity contribution in [2.45, 2.75) is 69.9 Å². The number of carbonyl (C=O) groups excluding carboxylic acids is 1. The third kappa shape index (κ3) is 3.85. The van der Waals surface area contributed by atoms with Gasteiger partial charge in [0.1, 0.15) is 0 Å². The molecule has 2 aliphatic rings. The summed E-state index contributed by atoms with van der Waals surface area (Å²) in [5, 5.41) is 14.8. The van der Waals surface area contributed by atoms with E-state index in [2.05, 4.69) is 17.6 Å². The zero-order valence-electron chi connectivity index (χ0n) is 11.6. The molecule has 2 fully saturated rings. The fourth-order valence-corrected chi connectivity index (χ4v) is 3.11. The predicted molar refractivity (Wildman–Crippen MR) is 71.9 cm³/mol. The minimum atomic E-state index is -0.841. The number of amides is 2. The number of nitrogens with one attached hydrogen (secondary N) is 2. The summed E-state index contributed by atoms with van der Waals surface area (Å²) in [5.41, 5.74) is -0.502. The van der Waals surface area contributed by atoms with Gasteiger partial charge in [0.25, 0.3) is 0 Å². The summed E-state index contributed by atoms with van der Waals surface area (Å²) >= 11 is 0. The minimum absolute atomic E-state index is 0.0299. The van der Waals surface area contributed by atoms with Crippen LogP contribution in [0.2, 0.25) is 0 Å². The highest BCUT2D eigenvalue weighted by Gasteiger charge is 2.40. The molecule has 0 aromatic carbocycles. The molecule has 0 aliphatic heterocycles.